The molecule has 0 unspecified atom stereocenters. The van der Waals surface area contributed by atoms with E-state index < -0.39 is 0 Å². The molecule has 1 amide bonds. The zero-order chi connectivity index (χ0) is 19.8. The van der Waals surface area contributed by atoms with E-state index in [1.807, 2.05) is 18.3 Å². The SMILES string of the molecule is O=C(NC1CCC(N2CC[C@@H](O)C2)CC1)c1nc(-n2ccnc2)nn2cccc12. The van der Waals surface area contributed by atoms with Crippen molar-refractivity contribution in [2.75, 3.05) is 13.1 Å². The van der Waals surface area contributed by atoms with Gasteiger partial charge in [0, 0.05) is 43.8 Å². The molecule has 1 aliphatic carbocycles. The quantitative estimate of drug-likeness (QED) is 0.684. The molecule has 152 valence electrons. The monoisotopic (exact) mass is 395 g/mol. The van der Waals surface area contributed by atoms with Gasteiger partial charge in [0.25, 0.3) is 11.9 Å². The first kappa shape index (κ1) is 18.3. The number of nitrogens with one attached hydrogen (secondary N) is 1. The maximum absolute atomic E-state index is 13.0. The molecule has 2 aliphatic rings. The average Bonchev–Trinajstić information content (AvgIpc) is 3.49. The highest BCUT2D eigenvalue weighted by molar-refractivity contribution is 5.99. The largest absolute Gasteiger partial charge is 0.392 e. The molecule has 0 aromatic carbocycles. The third kappa shape index (κ3) is 3.63. The van der Waals surface area contributed by atoms with Crippen molar-refractivity contribution in [2.24, 2.45) is 0 Å². The second-order valence-corrected chi connectivity index (χ2v) is 7.98. The Hall–Kier alpha value is -2.78. The third-order valence-electron chi connectivity index (χ3n) is 6.07. The molecule has 0 radical (unpaired) electrons. The van der Waals surface area contributed by atoms with Crippen LogP contribution in [0.25, 0.3) is 11.5 Å². The highest BCUT2D eigenvalue weighted by atomic mass is 16.3. The lowest BCUT2D eigenvalue weighted by Crippen LogP contribution is -2.43. The van der Waals surface area contributed by atoms with Gasteiger partial charge in [0.05, 0.1) is 11.6 Å². The van der Waals surface area contributed by atoms with E-state index in [4.69, 9.17) is 0 Å². The maximum Gasteiger partial charge on any atom is 0.272 e. The van der Waals surface area contributed by atoms with Crippen LogP contribution in [0.1, 0.15) is 42.6 Å². The number of carbonyl (C=O) groups excluding carboxylic acids is 1. The summed E-state index contributed by atoms with van der Waals surface area (Å²) in [7, 11) is 0. The van der Waals surface area contributed by atoms with Gasteiger partial charge in [-0.2, -0.15) is 0 Å². The van der Waals surface area contributed by atoms with Crippen molar-refractivity contribution in [2.45, 2.75) is 50.3 Å². The van der Waals surface area contributed by atoms with Crippen LogP contribution in [-0.2, 0) is 0 Å². The first-order valence-corrected chi connectivity index (χ1v) is 10.2. The number of nitrogens with zero attached hydrogens (tertiary/aromatic N) is 6. The summed E-state index contributed by atoms with van der Waals surface area (Å²) in [6, 6.07) is 4.37. The first-order chi connectivity index (χ1) is 14.2. The number of aliphatic hydroxyl groups excluding tert-OH is 1. The van der Waals surface area contributed by atoms with E-state index in [0.717, 1.165) is 45.2 Å². The number of hydrogen-bond donors (Lipinski definition) is 2. The molecule has 0 spiro atoms. The molecule has 1 saturated heterocycles. The molecule has 1 atom stereocenters. The lowest BCUT2D eigenvalue weighted by molar-refractivity contribution is 0.0901. The van der Waals surface area contributed by atoms with E-state index in [9.17, 15) is 9.90 Å². The number of fused-ring (bicyclic) bond motifs is 1. The minimum Gasteiger partial charge on any atom is -0.392 e. The Labute approximate surface area is 168 Å². The van der Waals surface area contributed by atoms with Crippen molar-refractivity contribution in [3.05, 3.63) is 42.7 Å². The zero-order valence-corrected chi connectivity index (χ0v) is 16.2. The summed E-state index contributed by atoms with van der Waals surface area (Å²) in [6.45, 7) is 1.76. The van der Waals surface area contributed by atoms with Crippen LogP contribution in [-0.4, -0.2) is 71.3 Å². The van der Waals surface area contributed by atoms with E-state index in [0.29, 0.717) is 23.2 Å². The number of aromatic nitrogens is 5. The van der Waals surface area contributed by atoms with E-state index >= 15 is 0 Å². The summed E-state index contributed by atoms with van der Waals surface area (Å²) >= 11 is 0. The van der Waals surface area contributed by atoms with Gasteiger partial charge in [-0.15, -0.1) is 5.10 Å². The van der Waals surface area contributed by atoms with Crippen LogP contribution < -0.4 is 5.32 Å². The van der Waals surface area contributed by atoms with Gasteiger partial charge in [0.15, 0.2) is 5.69 Å². The molecule has 9 heteroatoms. The summed E-state index contributed by atoms with van der Waals surface area (Å²) in [4.78, 5) is 24.0. The lowest BCUT2D eigenvalue weighted by atomic mass is 9.90. The van der Waals surface area contributed by atoms with Crippen molar-refractivity contribution in [1.82, 2.24) is 34.4 Å². The summed E-state index contributed by atoms with van der Waals surface area (Å²) in [6.07, 6.45) is 11.5. The number of β-amino-alcohol motifs (C(OH)–C–C–N with tert-alkyl or cyclic N) is 1. The number of carbonyl (C=O) groups is 1. The lowest BCUT2D eigenvalue weighted by Gasteiger charge is -2.34. The molecule has 0 bridgehead atoms. The Balaban J connectivity index is 1.29. The Morgan fingerprint density at radius 3 is 2.76 bits per heavy atom. The molecule has 29 heavy (non-hydrogen) atoms. The normalized spacial score (nSPS) is 25.5. The molecule has 3 aromatic rings. The first-order valence-electron chi connectivity index (χ1n) is 10.2. The van der Waals surface area contributed by atoms with Crippen LogP contribution in [0.15, 0.2) is 37.1 Å². The van der Waals surface area contributed by atoms with Crippen molar-refractivity contribution in [3.8, 4) is 5.95 Å². The Bertz CT molecular complexity index is 992. The predicted molar refractivity (Wildman–Crippen MR) is 106 cm³/mol. The van der Waals surface area contributed by atoms with Crippen LogP contribution in [0.3, 0.4) is 0 Å². The zero-order valence-electron chi connectivity index (χ0n) is 16.2. The van der Waals surface area contributed by atoms with E-state index in [1.165, 1.54) is 0 Å². The second-order valence-electron chi connectivity index (χ2n) is 7.98. The minimum atomic E-state index is -0.181. The fourth-order valence-electron chi connectivity index (χ4n) is 4.52. The smallest absolute Gasteiger partial charge is 0.272 e. The van der Waals surface area contributed by atoms with Gasteiger partial charge in [-0.05, 0) is 44.2 Å². The summed E-state index contributed by atoms with van der Waals surface area (Å²) in [5.41, 5.74) is 1.06. The van der Waals surface area contributed by atoms with Gasteiger partial charge in [-0.3, -0.25) is 14.3 Å². The van der Waals surface area contributed by atoms with Crippen LogP contribution >= 0.6 is 0 Å². The number of likely N-dealkylation sites (tertiary alicyclic amines) is 1. The third-order valence-corrected chi connectivity index (χ3v) is 6.07. The molecular weight excluding hydrogens is 370 g/mol. The fraction of sp³-hybridized carbons (Fsp3) is 0.500. The molecule has 1 aliphatic heterocycles. The number of amides is 1. The van der Waals surface area contributed by atoms with Gasteiger partial charge in [-0.25, -0.2) is 14.5 Å². The predicted octanol–water partition coefficient (Wildman–Crippen LogP) is 1.02. The molecule has 2 fully saturated rings. The molecule has 3 aromatic heterocycles. The molecule has 4 heterocycles. The van der Waals surface area contributed by atoms with Crippen LogP contribution in [0, 0.1) is 0 Å². The van der Waals surface area contributed by atoms with Crippen molar-refractivity contribution < 1.29 is 9.90 Å². The molecular formula is C20H25N7O2. The highest BCUT2D eigenvalue weighted by Crippen LogP contribution is 2.26. The van der Waals surface area contributed by atoms with Gasteiger partial charge >= 0.3 is 0 Å². The summed E-state index contributed by atoms with van der Waals surface area (Å²) in [5.74, 6) is 0.241. The second kappa shape index (κ2) is 7.57. The van der Waals surface area contributed by atoms with Crippen LogP contribution in [0.2, 0.25) is 0 Å². The standard InChI is InChI=1S/C20H25N7O2/c28-16-7-10-25(12-16)15-5-3-14(4-6-15)22-19(29)18-17-2-1-9-27(17)24-20(23-18)26-11-8-21-13-26/h1-2,8-9,11,13-16,28H,3-7,10,12H2,(H,22,29)/t14?,15?,16-/m1/s1. The van der Waals surface area contributed by atoms with Crippen molar-refractivity contribution >= 4 is 11.4 Å². The highest BCUT2D eigenvalue weighted by Gasteiger charge is 2.31. The molecule has 1 saturated carbocycles. The average molecular weight is 395 g/mol. The molecule has 2 N–H and O–H groups in total. The number of aliphatic hydroxyl groups is 1. The van der Waals surface area contributed by atoms with Crippen LogP contribution in [0.4, 0.5) is 0 Å². The van der Waals surface area contributed by atoms with Gasteiger partial charge in [-0.1, -0.05) is 0 Å². The number of rotatable bonds is 4. The van der Waals surface area contributed by atoms with Crippen molar-refractivity contribution in [1.29, 1.82) is 0 Å². The van der Waals surface area contributed by atoms with Gasteiger partial charge in [0.2, 0.25) is 0 Å². The topological polar surface area (TPSA) is 101 Å². The Kier molecular flexibility index (Phi) is 4.76. The number of hydrogen-bond acceptors (Lipinski definition) is 6. The number of imidazole rings is 1. The Morgan fingerprint density at radius 2 is 2.03 bits per heavy atom. The maximum atomic E-state index is 13.0. The minimum absolute atomic E-state index is 0.146. The fourth-order valence-corrected chi connectivity index (χ4v) is 4.52. The van der Waals surface area contributed by atoms with E-state index in [-0.39, 0.29) is 18.1 Å². The molecule has 5 rings (SSSR count). The van der Waals surface area contributed by atoms with Crippen molar-refractivity contribution in [3.63, 3.8) is 0 Å². The van der Waals surface area contributed by atoms with Gasteiger partial charge < -0.3 is 10.4 Å². The van der Waals surface area contributed by atoms with E-state index in [1.54, 1.807) is 27.8 Å². The summed E-state index contributed by atoms with van der Waals surface area (Å²) < 4.78 is 3.36. The van der Waals surface area contributed by atoms with E-state index in [2.05, 4.69) is 25.3 Å². The molecule has 9 nitrogen and oxygen atoms in total. The van der Waals surface area contributed by atoms with Crippen LogP contribution in [0.5, 0.6) is 0 Å². The summed E-state index contributed by atoms with van der Waals surface area (Å²) in [5, 5.41) is 17.4. The van der Waals surface area contributed by atoms with Gasteiger partial charge in [0.1, 0.15) is 6.33 Å². The Morgan fingerprint density at radius 1 is 1.17 bits per heavy atom.